The Morgan fingerprint density at radius 3 is 2.75 bits per heavy atom. The highest BCUT2D eigenvalue weighted by atomic mass is 16.1. The van der Waals surface area contributed by atoms with Crippen LogP contribution in [-0.2, 0) is 4.79 Å². The highest BCUT2D eigenvalue weighted by Crippen LogP contribution is 2.38. The number of carbonyl (C=O) groups is 1. The van der Waals surface area contributed by atoms with Gasteiger partial charge in [-0.2, -0.15) is 5.10 Å². The van der Waals surface area contributed by atoms with Gasteiger partial charge in [-0.05, 0) is 44.9 Å². The van der Waals surface area contributed by atoms with Gasteiger partial charge in [0.1, 0.15) is 0 Å². The zero-order chi connectivity index (χ0) is 16.5. The number of hydrogen-bond donors (Lipinski definition) is 1. The van der Waals surface area contributed by atoms with E-state index in [4.69, 9.17) is 0 Å². The van der Waals surface area contributed by atoms with Gasteiger partial charge >= 0.3 is 0 Å². The SMILES string of the molecule is CN(CC1CCCCC(=O)N1)C1CN(c2ccc(C3CC3)nn2)C1. The second kappa shape index (κ2) is 6.67. The van der Waals surface area contributed by atoms with Gasteiger partial charge in [0.15, 0.2) is 5.82 Å². The first-order valence-electron chi connectivity index (χ1n) is 9.27. The number of hydrogen-bond acceptors (Lipinski definition) is 5. The van der Waals surface area contributed by atoms with Gasteiger partial charge < -0.3 is 10.2 Å². The Labute approximate surface area is 143 Å². The molecule has 1 aliphatic carbocycles. The first kappa shape index (κ1) is 15.8. The number of rotatable bonds is 5. The number of amides is 1. The number of likely N-dealkylation sites (N-methyl/N-ethyl adjacent to an activating group) is 1. The molecule has 1 unspecified atom stereocenters. The summed E-state index contributed by atoms with van der Waals surface area (Å²) in [6, 6.07) is 5.09. The monoisotopic (exact) mass is 329 g/mol. The molecular weight excluding hydrogens is 302 g/mol. The molecule has 130 valence electrons. The van der Waals surface area contributed by atoms with Crippen LogP contribution in [0.25, 0.3) is 0 Å². The van der Waals surface area contributed by atoms with E-state index in [9.17, 15) is 4.79 Å². The molecule has 0 bridgehead atoms. The number of anilines is 1. The summed E-state index contributed by atoms with van der Waals surface area (Å²) in [5, 5.41) is 11.9. The van der Waals surface area contributed by atoms with Crippen molar-refractivity contribution in [2.75, 3.05) is 31.6 Å². The molecule has 4 rings (SSSR count). The number of nitrogens with one attached hydrogen (secondary N) is 1. The summed E-state index contributed by atoms with van der Waals surface area (Å²) in [7, 11) is 2.17. The smallest absolute Gasteiger partial charge is 0.220 e. The molecule has 3 fully saturated rings. The highest BCUT2D eigenvalue weighted by molar-refractivity contribution is 5.76. The van der Waals surface area contributed by atoms with E-state index < -0.39 is 0 Å². The lowest BCUT2D eigenvalue weighted by molar-refractivity contribution is -0.121. The van der Waals surface area contributed by atoms with Gasteiger partial charge in [-0.15, -0.1) is 5.10 Å². The van der Waals surface area contributed by atoms with E-state index in [1.54, 1.807) is 0 Å². The van der Waals surface area contributed by atoms with Crippen molar-refractivity contribution in [1.82, 2.24) is 20.4 Å². The fourth-order valence-corrected chi connectivity index (χ4v) is 3.70. The van der Waals surface area contributed by atoms with E-state index in [-0.39, 0.29) is 5.91 Å². The predicted octanol–water partition coefficient (Wildman–Crippen LogP) is 1.53. The zero-order valence-electron chi connectivity index (χ0n) is 14.4. The molecule has 0 aromatic carbocycles. The fraction of sp³-hybridized carbons (Fsp3) is 0.722. The van der Waals surface area contributed by atoms with Gasteiger partial charge in [0.05, 0.1) is 5.69 Å². The molecule has 1 saturated carbocycles. The van der Waals surface area contributed by atoms with Crippen LogP contribution in [0.3, 0.4) is 0 Å². The van der Waals surface area contributed by atoms with E-state index in [1.165, 1.54) is 12.8 Å². The Kier molecular flexibility index (Phi) is 4.39. The van der Waals surface area contributed by atoms with Gasteiger partial charge in [-0.3, -0.25) is 9.69 Å². The summed E-state index contributed by atoms with van der Waals surface area (Å²) in [6.45, 7) is 2.93. The third-order valence-corrected chi connectivity index (χ3v) is 5.56. The van der Waals surface area contributed by atoms with Crippen molar-refractivity contribution in [3.63, 3.8) is 0 Å². The largest absolute Gasteiger partial charge is 0.352 e. The van der Waals surface area contributed by atoms with Gasteiger partial charge in [-0.25, -0.2) is 0 Å². The van der Waals surface area contributed by atoms with Crippen LogP contribution >= 0.6 is 0 Å². The lowest BCUT2D eigenvalue weighted by Crippen LogP contribution is -2.60. The summed E-state index contributed by atoms with van der Waals surface area (Å²) in [5.74, 6) is 1.87. The van der Waals surface area contributed by atoms with Gasteiger partial charge in [0.25, 0.3) is 0 Å². The molecule has 6 nitrogen and oxygen atoms in total. The third kappa shape index (κ3) is 3.53. The minimum absolute atomic E-state index is 0.215. The Bertz CT molecular complexity index is 580. The van der Waals surface area contributed by atoms with Crippen molar-refractivity contribution in [2.24, 2.45) is 0 Å². The van der Waals surface area contributed by atoms with Crippen molar-refractivity contribution >= 4 is 11.7 Å². The van der Waals surface area contributed by atoms with Crippen molar-refractivity contribution in [2.45, 2.75) is 56.5 Å². The molecule has 1 aromatic heterocycles. The molecule has 1 amide bonds. The van der Waals surface area contributed by atoms with Gasteiger partial charge in [0, 0.05) is 44.1 Å². The topological polar surface area (TPSA) is 61.4 Å². The van der Waals surface area contributed by atoms with Crippen molar-refractivity contribution in [3.8, 4) is 0 Å². The minimum Gasteiger partial charge on any atom is -0.352 e. The molecule has 6 heteroatoms. The normalized spacial score (nSPS) is 25.3. The van der Waals surface area contributed by atoms with Gasteiger partial charge in [0.2, 0.25) is 5.91 Å². The summed E-state index contributed by atoms with van der Waals surface area (Å²) in [5.41, 5.74) is 1.15. The number of aromatic nitrogens is 2. The molecule has 24 heavy (non-hydrogen) atoms. The number of carbonyl (C=O) groups excluding carboxylic acids is 1. The van der Waals surface area contributed by atoms with Crippen LogP contribution in [0.1, 0.15) is 50.1 Å². The molecular formula is C18H27N5O. The van der Waals surface area contributed by atoms with Gasteiger partial charge in [-0.1, -0.05) is 6.42 Å². The summed E-state index contributed by atoms with van der Waals surface area (Å²) in [4.78, 5) is 16.4. The second-order valence-electron chi connectivity index (χ2n) is 7.60. The Balaban J connectivity index is 1.26. The van der Waals surface area contributed by atoms with Crippen LogP contribution in [0.15, 0.2) is 12.1 Å². The second-order valence-corrected chi connectivity index (χ2v) is 7.60. The molecule has 2 saturated heterocycles. The molecule has 2 aliphatic heterocycles. The maximum Gasteiger partial charge on any atom is 0.220 e. The highest BCUT2D eigenvalue weighted by Gasteiger charge is 2.33. The summed E-state index contributed by atoms with van der Waals surface area (Å²) >= 11 is 0. The maximum atomic E-state index is 11.7. The molecule has 0 spiro atoms. The predicted molar refractivity (Wildman–Crippen MR) is 93.0 cm³/mol. The third-order valence-electron chi connectivity index (χ3n) is 5.56. The molecule has 3 aliphatic rings. The van der Waals surface area contributed by atoms with E-state index in [0.29, 0.717) is 24.4 Å². The van der Waals surface area contributed by atoms with E-state index in [1.807, 2.05) is 0 Å². The van der Waals surface area contributed by atoms with Crippen LogP contribution in [0, 0.1) is 0 Å². The van der Waals surface area contributed by atoms with Crippen LogP contribution < -0.4 is 10.2 Å². The van der Waals surface area contributed by atoms with E-state index in [0.717, 1.165) is 50.4 Å². The quantitative estimate of drug-likeness (QED) is 0.888. The maximum absolute atomic E-state index is 11.7. The Hall–Kier alpha value is -1.69. The first-order valence-corrected chi connectivity index (χ1v) is 9.27. The van der Waals surface area contributed by atoms with Crippen LogP contribution in [0.2, 0.25) is 0 Å². The molecule has 0 radical (unpaired) electrons. The zero-order valence-corrected chi connectivity index (χ0v) is 14.4. The Morgan fingerprint density at radius 1 is 1.21 bits per heavy atom. The number of nitrogens with zero attached hydrogens (tertiary/aromatic N) is 4. The van der Waals surface area contributed by atoms with Crippen molar-refractivity contribution < 1.29 is 4.79 Å². The van der Waals surface area contributed by atoms with E-state index >= 15 is 0 Å². The average molecular weight is 329 g/mol. The van der Waals surface area contributed by atoms with Crippen LogP contribution in [-0.4, -0.2) is 59.8 Å². The lowest BCUT2D eigenvalue weighted by atomic mass is 10.1. The summed E-state index contributed by atoms with van der Waals surface area (Å²) in [6.07, 6.45) is 6.49. The molecule has 1 atom stereocenters. The van der Waals surface area contributed by atoms with E-state index in [2.05, 4.69) is 44.5 Å². The fourth-order valence-electron chi connectivity index (χ4n) is 3.70. The first-order chi connectivity index (χ1) is 11.7. The van der Waals surface area contributed by atoms with Crippen molar-refractivity contribution in [1.29, 1.82) is 0 Å². The Morgan fingerprint density at radius 2 is 2.04 bits per heavy atom. The minimum atomic E-state index is 0.215. The molecule has 1 aromatic rings. The molecule has 3 heterocycles. The molecule has 1 N–H and O–H groups in total. The standard InChI is InChI=1S/C18H27N5O/c1-22(10-14-4-2-3-5-18(24)19-14)15-11-23(12-15)17-9-8-16(20-21-17)13-6-7-13/h8-9,13-15H,2-7,10-12H2,1H3,(H,19,24). The van der Waals surface area contributed by atoms with Crippen molar-refractivity contribution in [3.05, 3.63) is 17.8 Å². The average Bonchev–Trinajstić information content (AvgIpc) is 3.35. The lowest BCUT2D eigenvalue weighted by Gasteiger charge is -2.45. The van der Waals surface area contributed by atoms with Crippen LogP contribution in [0.4, 0.5) is 5.82 Å². The van der Waals surface area contributed by atoms with Crippen LogP contribution in [0.5, 0.6) is 0 Å². The summed E-state index contributed by atoms with van der Waals surface area (Å²) < 4.78 is 0.